The summed E-state index contributed by atoms with van der Waals surface area (Å²) in [5.74, 6) is -0.560. The smallest absolute Gasteiger partial charge is 0.331 e. The maximum atomic E-state index is 12.3. The van der Waals surface area contributed by atoms with E-state index in [0.717, 1.165) is 24.0 Å². The number of rotatable bonds is 4. The summed E-state index contributed by atoms with van der Waals surface area (Å²) in [6, 6.07) is 6.67. The number of hydrogen-bond donors (Lipinski definition) is 1. The second-order valence-electron chi connectivity index (χ2n) is 5.71. The van der Waals surface area contributed by atoms with Gasteiger partial charge in [-0.3, -0.25) is 4.79 Å². The van der Waals surface area contributed by atoms with E-state index >= 15 is 0 Å². The number of carboxylic acid groups (broad SMARTS) is 1. The molecule has 108 valence electrons. The molecule has 0 fully saturated rings. The van der Waals surface area contributed by atoms with Gasteiger partial charge in [-0.25, -0.2) is 4.79 Å². The minimum atomic E-state index is -0.949. The minimum Gasteiger partial charge on any atom is -0.479 e. The molecule has 1 atom stereocenters. The first-order chi connectivity index (χ1) is 9.50. The molecule has 1 heterocycles. The van der Waals surface area contributed by atoms with Crippen LogP contribution in [0, 0.1) is 5.92 Å². The number of benzene rings is 1. The monoisotopic (exact) mass is 275 g/mol. The first-order valence-electron chi connectivity index (χ1n) is 7.10. The third kappa shape index (κ3) is 3.00. The maximum absolute atomic E-state index is 12.3. The lowest BCUT2D eigenvalue weighted by Crippen LogP contribution is -2.43. The normalized spacial score (nSPS) is 17.9. The number of fused-ring (bicyclic) bond motifs is 1. The Balaban J connectivity index is 2.22. The molecule has 0 radical (unpaired) electrons. The van der Waals surface area contributed by atoms with E-state index in [0.29, 0.717) is 18.9 Å². The number of carbonyl (C=O) groups is 2. The highest BCUT2D eigenvalue weighted by molar-refractivity contribution is 5.85. The lowest BCUT2D eigenvalue weighted by Gasteiger charge is -2.35. The van der Waals surface area contributed by atoms with E-state index in [-0.39, 0.29) is 5.91 Å². The zero-order valence-corrected chi connectivity index (χ0v) is 12.0. The summed E-state index contributed by atoms with van der Waals surface area (Å²) < 4.78 is 0. The van der Waals surface area contributed by atoms with Gasteiger partial charge in [-0.05, 0) is 29.9 Å². The maximum Gasteiger partial charge on any atom is 0.331 e. The van der Waals surface area contributed by atoms with E-state index in [1.54, 1.807) is 0 Å². The highest BCUT2D eigenvalue weighted by Gasteiger charge is 2.35. The average Bonchev–Trinajstić information content (AvgIpc) is 2.43. The highest BCUT2D eigenvalue weighted by atomic mass is 16.4. The van der Waals surface area contributed by atoms with Crippen molar-refractivity contribution in [1.82, 2.24) is 4.90 Å². The third-order valence-corrected chi connectivity index (χ3v) is 3.77. The molecule has 1 amide bonds. The van der Waals surface area contributed by atoms with Gasteiger partial charge in [0.2, 0.25) is 5.91 Å². The molecule has 4 heteroatoms. The molecule has 1 unspecified atom stereocenters. The molecule has 1 aromatic carbocycles. The lowest BCUT2D eigenvalue weighted by atomic mass is 9.92. The SMILES string of the molecule is CC(C)CCC(=O)N1CCc2ccccc2C1C(=O)O. The predicted molar refractivity (Wildman–Crippen MR) is 76.3 cm³/mol. The number of nitrogens with zero attached hydrogens (tertiary/aromatic N) is 1. The van der Waals surface area contributed by atoms with E-state index < -0.39 is 12.0 Å². The van der Waals surface area contributed by atoms with Crippen LogP contribution >= 0.6 is 0 Å². The average molecular weight is 275 g/mol. The molecule has 0 bridgehead atoms. The van der Waals surface area contributed by atoms with Gasteiger partial charge < -0.3 is 10.0 Å². The molecular weight excluding hydrogens is 254 g/mol. The summed E-state index contributed by atoms with van der Waals surface area (Å²) in [4.78, 5) is 25.4. The van der Waals surface area contributed by atoms with Crippen LogP contribution in [-0.2, 0) is 16.0 Å². The highest BCUT2D eigenvalue weighted by Crippen LogP contribution is 2.30. The Hall–Kier alpha value is -1.84. The molecule has 0 spiro atoms. The van der Waals surface area contributed by atoms with Crippen molar-refractivity contribution in [2.75, 3.05) is 6.54 Å². The Bertz CT molecular complexity index is 510. The number of amides is 1. The fraction of sp³-hybridized carbons (Fsp3) is 0.500. The molecule has 1 aromatic rings. The molecule has 2 rings (SSSR count). The van der Waals surface area contributed by atoms with Gasteiger partial charge in [0.1, 0.15) is 0 Å². The van der Waals surface area contributed by atoms with Gasteiger partial charge in [-0.15, -0.1) is 0 Å². The summed E-state index contributed by atoms with van der Waals surface area (Å²) in [5, 5.41) is 9.49. The Morgan fingerprint density at radius 2 is 2.05 bits per heavy atom. The van der Waals surface area contributed by atoms with Crippen molar-refractivity contribution < 1.29 is 14.7 Å². The van der Waals surface area contributed by atoms with Crippen LogP contribution in [0.5, 0.6) is 0 Å². The van der Waals surface area contributed by atoms with Crippen molar-refractivity contribution in [3.8, 4) is 0 Å². The number of hydrogen-bond acceptors (Lipinski definition) is 2. The van der Waals surface area contributed by atoms with Crippen LogP contribution in [0.3, 0.4) is 0 Å². The van der Waals surface area contributed by atoms with Crippen molar-refractivity contribution in [3.63, 3.8) is 0 Å². The van der Waals surface area contributed by atoms with Gasteiger partial charge in [-0.2, -0.15) is 0 Å². The lowest BCUT2D eigenvalue weighted by molar-refractivity contribution is -0.151. The van der Waals surface area contributed by atoms with Crippen LogP contribution in [0.15, 0.2) is 24.3 Å². The molecule has 1 aliphatic heterocycles. The second kappa shape index (κ2) is 6.07. The Labute approximate surface area is 119 Å². The largest absolute Gasteiger partial charge is 0.479 e. The van der Waals surface area contributed by atoms with E-state index in [4.69, 9.17) is 0 Å². The molecule has 0 aliphatic carbocycles. The fourth-order valence-corrected chi connectivity index (χ4v) is 2.66. The van der Waals surface area contributed by atoms with Crippen LogP contribution in [0.4, 0.5) is 0 Å². The Kier molecular flexibility index (Phi) is 4.42. The standard InChI is InChI=1S/C16H21NO3/c1-11(2)7-8-14(18)17-10-9-12-5-3-4-6-13(12)15(17)16(19)20/h3-6,11,15H,7-10H2,1-2H3,(H,19,20). The van der Waals surface area contributed by atoms with Gasteiger partial charge in [0.25, 0.3) is 0 Å². The number of carbonyl (C=O) groups excluding carboxylic acids is 1. The van der Waals surface area contributed by atoms with E-state index in [2.05, 4.69) is 13.8 Å². The molecule has 0 saturated carbocycles. The van der Waals surface area contributed by atoms with Gasteiger partial charge in [0, 0.05) is 13.0 Å². The van der Waals surface area contributed by atoms with Crippen molar-refractivity contribution in [3.05, 3.63) is 35.4 Å². The van der Waals surface area contributed by atoms with E-state index in [1.807, 2.05) is 24.3 Å². The molecule has 0 aromatic heterocycles. The molecule has 1 aliphatic rings. The number of carboxylic acids is 1. The van der Waals surface area contributed by atoms with Crippen molar-refractivity contribution in [2.45, 2.75) is 39.2 Å². The molecular formula is C16H21NO3. The van der Waals surface area contributed by atoms with Crippen LogP contribution in [0.1, 0.15) is 43.9 Å². The summed E-state index contributed by atoms with van der Waals surface area (Å²) in [6.07, 6.45) is 1.94. The van der Waals surface area contributed by atoms with Crippen LogP contribution in [-0.4, -0.2) is 28.4 Å². The van der Waals surface area contributed by atoms with Crippen molar-refractivity contribution in [2.24, 2.45) is 5.92 Å². The first-order valence-corrected chi connectivity index (χ1v) is 7.10. The van der Waals surface area contributed by atoms with Crippen LogP contribution in [0.2, 0.25) is 0 Å². The minimum absolute atomic E-state index is 0.0550. The summed E-state index contributed by atoms with van der Waals surface area (Å²) in [6.45, 7) is 4.62. The molecule has 20 heavy (non-hydrogen) atoms. The van der Waals surface area contributed by atoms with Crippen LogP contribution in [0.25, 0.3) is 0 Å². The molecule has 4 nitrogen and oxygen atoms in total. The summed E-state index contributed by atoms with van der Waals surface area (Å²) in [7, 11) is 0. The predicted octanol–water partition coefficient (Wildman–Crippen LogP) is 2.63. The van der Waals surface area contributed by atoms with Gasteiger partial charge >= 0.3 is 5.97 Å². The fourth-order valence-electron chi connectivity index (χ4n) is 2.66. The van der Waals surface area contributed by atoms with E-state index in [1.165, 1.54) is 4.90 Å². The molecule has 0 saturated heterocycles. The topological polar surface area (TPSA) is 57.6 Å². The summed E-state index contributed by atoms with van der Waals surface area (Å²) in [5.41, 5.74) is 1.79. The van der Waals surface area contributed by atoms with Crippen molar-refractivity contribution >= 4 is 11.9 Å². The zero-order chi connectivity index (χ0) is 14.7. The van der Waals surface area contributed by atoms with Gasteiger partial charge in [-0.1, -0.05) is 38.1 Å². The Morgan fingerprint density at radius 1 is 1.35 bits per heavy atom. The second-order valence-corrected chi connectivity index (χ2v) is 5.71. The van der Waals surface area contributed by atoms with Gasteiger partial charge in [0.05, 0.1) is 0 Å². The van der Waals surface area contributed by atoms with Gasteiger partial charge in [0.15, 0.2) is 6.04 Å². The summed E-state index contributed by atoms with van der Waals surface area (Å²) >= 11 is 0. The molecule has 1 N–H and O–H groups in total. The van der Waals surface area contributed by atoms with E-state index in [9.17, 15) is 14.7 Å². The number of aliphatic carboxylic acids is 1. The Morgan fingerprint density at radius 3 is 2.70 bits per heavy atom. The zero-order valence-electron chi connectivity index (χ0n) is 12.0. The van der Waals surface area contributed by atoms with Crippen molar-refractivity contribution in [1.29, 1.82) is 0 Å². The first kappa shape index (κ1) is 14.6. The third-order valence-electron chi connectivity index (χ3n) is 3.77. The van der Waals surface area contributed by atoms with Crippen LogP contribution < -0.4 is 0 Å². The quantitative estimate of drug-likeness (QED) is 0.919.